The van der Waals surface area contributed by atoms with Crippen LogP contribution in [0.5, 0.6) is 0 Å². The van der Waals surface area contributed by atoms with E-state index in [9.17, 15) is 24.0 Å². The van der Waals surface area contributed by atoms with Crippen molar-refractivity contribution in [3.63, 3.8) is 0 Å². The third-order valence-electron chi connectivity index (χ3n) is 12.4. The molecule has 5 amide bonds. The van der Waals surface area contributed by atoms with Crippen molar-refractivity contribution in [1.29, 1.82) is 0 Å². The van der Waals surface area contributed by atoms with Crippen LogP contribution in [0.1, 0.15) is 117 Å². The Labute approximate surface area is 323 Å². The molecule has 2 bridgehead atoms. The number of amides is 5. The number of nitrogens with two attached hydrogens (primary N) is 2. The Kier molecular flexibility index (Phi) is 17.9. The predicted octanol–water partition coefficient (Wildman–Crippen LogP) is 2.12. The summed E-state index contributed by atoms with van der Waals surface area (Å²) in [4.78, 5) is 71.7. The summed E-state index contributed by atoms with van der Waals surface area (Å²) < 4.78 is 12.3. The minimum absolute atomic E-state index is 0.111. The van der Waals surface area contributed by atoms with Crippen molar-refractivity contribution in [3.8, 4) is 0 Å². The highest BCUT2D eigenvalue weighted by molar-refractivity contribution is 5.96. The third-order valence-corrected chi connectivity index (χ3v) is 12.4. The second-order valence-electron chi connectivity index (χ2n) is 16.8. The molecule has 1 saturated heterocycles. The lowest BCUT2D eigenvalue weighted by atomic mass is 9.77. The lowest BCUT2D eigenvalue weighted by Crippen LogP contribution is -2.62. The molecule has 0 spiro atoms. The van der Waals surface area contributed by atoms with E-state index >= 15 is 0 Å². The van der Waals surface area contributed by atoms with E-state index < -0.39 is 65.9 Å². The van der Waals surface area contributed by atoms with Crippen LogP contribution in [-0.2, 0) is 33.4 Å². The maximum absolute atomic E-state index is 14.4. The Morgan fingerprint density at radius 2 is 1.44 bits per heavy atom. The summed E-state index contributed by atoms with van der Waals surface area (Å²) in [6.45, 7) is 6.20. The molecule has 0 aromatic heterocycles. The number of nitrogens with zero attached hydrogens (tertiary/aromatic N) is 1. The number of carbonyl (C=O) groups is 5. The topological polar surface area (TPSA) is 207 Å². The van der Waals surface area contributed by atoms with Crippen LogP contribution in [-0.4, -0.2) is 111 Å². The van der Waals surface area contributed by atoms with Gasteiger partial charge in [0.05, 0.1) is 25.2 Å². The monoisotopic (exact) mass is 762 g/mol. The quantitative estimate of drug-likeness (QED) is 0.135. The molecule has 4 aliphatic rings. The van der Waals surface area contributed by atoms with E-state index in [1.165, 1.54) is 24.2 Å². The average Bonchev–Trinajstić information content (AvgIpc) is 3.31. The van der Waals surface area contributed by atoms with Gasteiger partial charge in [-0.3, -0.25) is 24.0 Å². The van der Waals surface area contributed by atoms with Crippen LogP contribution in [0.15, 0.2) is 0 Å². The van der Waals surface area contributed by atoms with Crippen molar-refractivity contribution in [2.24, 2.45) is 41.1 Å². The summed E-state index contributed by atoms with van der Waals surface area (Å²) in [7, 11) is 1.67. The summed E-state index contributed by atoms with van der Waals surface area (Å²) in [6, 6.07) is -4.45. The van der Waals surface area contributed by atoms with Gasteiger partial charge in [-0.15, -0.1) is 0 Å². The van der Waals surface area contributed by atoms with Gasteiger partial charge in [0, 0.05) is 26.2 Å². The number of likely N-dealkylation sites (N-methyl/N-ethyl adjacent to an activating group) is 1. The first-order valence-electron chi connectivity index (χ1n) is 21.0. The van der Waals surface area contributed by atoms with E-state index in [0.717, 1.165) is 69.6 Å². The van der Waals surface area contributed by atoms with Crippen molar-refractivity contribution in [2.75, 3.05) is 40.0 Å². The molecule has 1 aliphatic heterocycles. The van der Waals surface area contributed by atoms with Crippen LogP contribution in [0.3, 0.4) is 0 Å². The van der Waals surface area contributed by atoms with Crippen molar-refractivity contribution >= 4 is 29.5 Å². The van der Waals surface area contributed by atoms with E-state index in [2.05, 4.69) is 21.3 Å². The standard InChI is InChI=1S/C40H71N7O7/c1-5-11-33-38(50)46-35(30-12-8-6-7-9-13-30)39(51)44-31(22-42)36(48)45-32(24-53-17-10-16-41)37(49)43-25(2)23-54-34(26(3)40(52)47(33)4)21-29-19-27-14-15-28(18-27)20-29/h25-35H,5-24,41-42H2,1-4H3,(H,43,49)(H,44,51)(H,45,48)(H,46,50)/t25-,26-,27-,28+,29?,31+,32+,33+,34-,35+/m1/s1. The Balaban J connectivity index is 1.66. The van der Waals surface area contributed by atoms with Gasteiger partial charge in [0.25, 0.3) is 0 Å². The highest BCUT2D eigenvalue weighted by Crippen LogP contribution is 2.46. The number of carbonyl (C=O) groups excluding carboxylic acids is 5. The molecule has 308 valence electrons. The second-order valence-corrected chi connectivity index (χ2v) is 16.8. The fourth-order valence-corrected chi connectivity index (χ4v) is 9.27. The summed E-state index contributed by atoms with van der Waals surface area (Å²) >= 11 is 0. The molecule has 14 nitrogen and oxygen atoms in total. The minimum Gasteiger partial charge on any atom is -0.379 e. The van der Waals surface area contributed by atoms with Crippen molar-refractivity contribution in [2.45, 2.75) is 153 Å². The van der Waals surface area contributed by atoms with E-state index in [1.807, 2.05) is 20.8 Å². The number of hydrogen-bond acceptors (Lipinski definition) is 9. The zero-order valence-electron chi connectivity index (χ0n) is 33.5. The Hall–Kier alpha value is -2.81. The van der Waals surface area contributed by atoms with Crippen LogP contribution in [0.4, 0.5) is 0 Å². The van der Waals surface area contributed by atoms with E-state index in [-0.39, 0.29) is 31.6 Å². The molecule has 0 aromatic rings. The molecular formula is C40H71N7O7. The van der Waals surface area contributed by atoms with Gasteiger partial charge in [-0.25, -0.2) is 0 Å². The molecule has 1 unspecified atom stereocenters. The zero-order valence-corrected chi connectivity index (χ0v) is 33.5. The zero-order chi connectivity index (χ0) is 39.2. The molecule has 54 heavy (non-hydrogen) atoms. The first kappa shape index (κ1) is 43.9. The Morgan fingerprint density at radius 3 is 2.07 bits per heavy atom. The Morgan fingerprint density at radius 1 is 0.796 bits per heavy atom. The first-order chi connectivity index (χ1) is 25.9. The molecule has 14 heteroatoms. The molecular weight excluding hydrogens is 690 g/mol. The van der Waals surface area contributed by atoms with Gasteiger partial charge >= 0.3 is 0 Å². The van der Waals surface area contributed by atoms with Gasteiger partial charge in [-0.2, -0.15) is 0 Å². The molecule has 8 N–H and O–H groups in total. The van der Waals surface area contributed by atoms with Crippen LogP contribution in [0.2, 0.25) is 0 Å². The molecule has 0 radical (unpaired) electrons. The molecule has 3 aliphatic carbocycles. The van der Waals surface area contributed by atoms with Gasteiger partial charge in [0.15, 0.2) is 0 Å². The smallest absolute Gasteiger partial charge is 0.245 e. The summed E-state index contributed by atoms with van der Waals surface area (Å²) in [5.41, 5.74) is 11.7. The Bertz CT molecular complexity index is 1220. The summed E-state index contributed by atoms with van der Waals surface area (Å²) in [5, 5.41) is 11.6. The number of nitrogens with one attached hydrogen (secondary N) is 4. The lowest BCUT2D eigenvalue weighted by molar-refractivity contribution is -0.147. The van der Waals surface area contributed by atoms with Crippen LogP contribution in [0, 0.1) is 29.6 Å². The van der Waals surface area contributed by atoms with Crippen LogP contribution >= 0.6 is 0 Å². The summed E-state index contributed by atoms with van der Waals surface area (Å²) in [5.74, 6) is -1.04. The van der Waals surface area contributed by atoms with Crippen molar-refractivity contribution in [3.05, 3.63) is 0 Å². The molecule has 0 aromatic carbocycles. The number of fused-ring (bicyclic) bond motifs is 2. The van der Waals surface area contributed by atoms with Gasteiger partial charge < -0.3 is 47.1 Å². The summed E-state index contributed by atoms with van der Waals surface area (Å²) in [6.07, 6.45) is 13.4. The molecule has 4 rings (SSSR count). The maximum atomic E-state index is 14.4. The molecule has 3 saturated carbocycles. The van der Waals surface area contributed by atoms with Gasteiger partial charge in [-0.1, -0.05) is 58.8 Å². The highest BCUT2D eigenvalue weighted by atomic mass is 16.5. The lowest BCUT2D eigenvalue weighted by Gasteiger charge is -2.36. The normalized spacial score (nSPS) is 34.5. The highest BCUT2D eigenvalue weighted by Gasteiger charge is 2.40. The average molecular weight is 762 g/mol. The molecule has 1 heterocycles. The number of hydrogen-bond donors (Lipinski definition) is 6. The predicted molar refractivity (Wildman–Crippen MR) is 207 cm³/mol. The van der Waals surface area contributed by atoms with Gasteiger partial charge in [0.2, 0.25) is 29.5 Å². The first-order valence-corrected chi connectivity index (χ1v) is 21.0. The van der Waals surface area contributed by atoms with Gasteiger partial charge in [-0.05, 0) is 88.5 Å². The third kappa shape index (κ3) is 12.6. The minimum atomic E-state index is -1.17. The SMILES string of the molecule is CCC[C@H]1C(=O)N[C@@H](C2CCCCCC2)C(=O)N[C@@H](CN)C(=O)N[C@@H](COCCCN)C(=O)N[C@H](C)CO[C@H](CC2C[C@H]3CC[C@@H](C2)C3)[C@@H](C)C(=O)N1C. The van der Waals surface area contributed by atoms with Crippen molar-refractivity contribution in [1.82, 2.24) is 26.2 Å². The second kappa shape index (κ2) is 22.1. The van der Waals surface area contributed by atoms with Crippen molar-refractivity contribution < 1.29 is 33.4 Å². The fourth-order valence-electron chi connectivity index (χ4n) is 9.27. The van der Waals surface area contributed by atoms with Gasteiger partial charge in [0.1, 0.15) is 24.2 Å². The molecule has 4 fully saturated rings. The van der Waals surface area contributed by atoms with Crippen LogP contribution < -0.4 is 32.7 Å². The van der Waals surface area contributed by atoms with Crippen LogP contribution in [0.25, 0.3) is 0 Å². The van der Waals surface area contributed by atoms with E-state index in [1.54, 1.807) is 7.05 Å². The molecule has 10 atom stereocenters. The fraction of sp³-hybridized carbons (Fsp3) is 0.875. The number of rotatable bonds is 11. The van der Waals surface area contributed by atoms with E-state index in [4.69, 9.17) is 20.9 Å². The number of ether oxygens (including phenoxy) is 2. The maximum Gasteiger partial charge on any atom is 0.245 e. The van der Waals surface area contributed by atoms with E-state index in [0.29, 0.717) is 38.3 Å². The largest absolute Gasteiger partial charge is 0.379 e.